The molecule has 0 radical (unpaired) electrons. The normalized spacial score (nSPS) is 18.8. The third kappa shape index (κ3) is 2.23. The van der Waals surface area contributed by atoms with E-state index in [4.69, 9.17) is 0 Å². The summed E-state index contributed by atoms with van der Waals surface area (Å²) < 4.78 is 0. The zero-order valence-corrected chi connectivity index (χ0v) is 11.1. The van der Waals surface area contributed by atoms with Crippen LogP contribution in [-0.2, 0) is 0 Å². The fourth-order valence-electron chi connectivity index (χ4n) is 2.68. The van der Waals surface area contributed by atoms with Gasteiger partial charge in [0, 0.05) is 23.7 Å². The number of aromatic nitrogens is 1. The number of carbonyl (C=O) groups excluding carboxylic acids is 1. The number of nitrogens with zero attached hydrogens (tertiary/aromatic N) is 3. The van der Waals surface area contributed by atoms with Crippen LogP contribution in [0.1, 0.15) is 29.6 Å². The highest BCUT2D eigenvalue weighted by molar-refractivity contribution is 5.98. The highest BCUT2D eigenvalue weighted by Crippen LogP contribution is 2.21. The molecule has 1 saturated heterocycles. The van der Waals surface area contributed by atoms with E-state index in [0.29, 0.717) is 12.1 Å². The van der Waals surface area contributed by atoms with Gasteiger partial charge in [-0.25, -0.2) is 0 Å². The van der Waals surface area contributed by atoms with Gasteiger partial charge in [-0.15, -0.1) is 0 Å². The van der Waals surface area contributed by atoms with E-state index in [0.717, 1.165) is 30.2 Å². The molecule has 1 atom stereocenters. The molecular weight excluding hydrogens is 250 g/mol. The van der Waals surface area contributed by atoms with E-state index >= 15 is 0 Å². The van der Waals surface area contributed by atoms with Crippen LogP contribution in [-0.4, -0.2) is 28.4 Å². The molecule has 1 aromatic carbocycles. The van der Waals surface area contributed by atoms with Crippen LogP contribution in [0.4, 0.5) is 0 Å². The van der Waals surface area contributed by atoms with Crippen LogP contribution in [0.15, 0.2) is 36.5 Å². The summed E-state index contributed by atoms with van der Waals surface area (Å²) in [7, 11) is 0. The Morgan fingerprint density at radius 3 is 3.10 bits per heavy atom. The van der Waals surface area contributed by atoms with Crippen LogP contribution in [0.25, 0.3) is 10.9 Å². The van der Waals surface area contributed by atoms with Gasteiger partial charge in [-0.1, -0.05) is 6.07 Å². The molecule has 1 aliphatic heterocycles. The molecule has 0 aliphatic carbocycles. The molecule has 0 spiro atoms. The maximum absolute atomic E-state index is 12.6. The van der Waals surface area contributed by atoms with Gasteiger partial charge in [0.25, 0.3) is 5.91 Å². The number of hydrogen-bond donors (Lipinski definition) is 0. The number of carbonyl (C=O) groups is 1. The van der Waals surface area contributed by atoms with Crippen LogP contribution < -0.4 is 0 Å². The van der Waals surface area contributed by atoms with Gasteiger partial charge >= 0.3 is 0 Å². The van der Waals surface area contributed by atoms with Crippen molar-refractivity contribution < 1.29 is 4.79 Å². The van der Waals surface area contributed by atoms with Crippen molar-refractivity contribution in [3.63, 3.8) is 0 Å². The van der Waals surface area contributed by atoms with Crippen LogP contribution in [0.3, 0.4) is 0 Å². The van der Waals surface area contributed by atoms with Gasteiger partial charge in [0.1, 0.15) is 6.04 Å². The molecule has 0 bridgehead atoms. The first-order chi connectivity index (χ1) is 9.79. The molecule has 2 heterocycles. The summed E-state index contributed by atoms with van der Waals surface area (Å²) in [4.78, 5) is 18.5. The predicted molar refractivity (Wildman–Crippen MR) is 76.0 cm³/mol. The zero-order chi connectivity index (χ0) is 13.9. The standard InChI is InChI=1S/C16H15N3O/c17-11-14-5-1-2-9-19(14)16(20)13-6-7-15-12(10-13)4-3-8-18-15/h3-4,6-8,10,14H,1-2,5,9H2. The second kappa shape index (κ2) is 5.30. The monoisotopic (exact) mass is 265 g/mol. The molecule has 4 nitrogen and oxygen atoms in total. The third-order valence-corrected chi connectivity index (χ3v) is 3.76. The summed E-state index contributed by atoms with van der Waals surface area (Å²) in [5, 5.41) is 10.1. The molecular formula is C16H15N3O. The number of pyridine rings is 1. The number of fused-ring (bicyclic) bond motifs is 1. The first-order valence-corrected chi connectivity index (χ1v) is 6.85. The Hall–Kier alpha value is -2.41. The average molecular weight is 265 g/mol. The Morgan fingerprint density at radius 1 is 1.35 bits per heavy atom. The van der Waals surface area contributed by atoms with Crippen molar-refractivity contribution in [3.8, 4) is 6.07 Å². The first-order valence-electron chi connectivity index (χ1n) is 6.85. The average Bonchev–Trinajstić information content (AvgIpc) is 2.53. The molecule has 1 aromatic heterocycles. The quantitative estimate of drug-likeness (QED) is 0.796. The van der Waals surface area contributed by atoms with E-state index in [1.807, 2.05) is 24.3 Å². The number of rotatable bonds is 1. The second-order valence-electron chi connectivity index (χ2n) is 5.05. The summed E-state index contributed by atoms with van der Waals surface area (Å²) in [6.45, 7) is 0.669. The number of amides is 1. The van der Waals surface area contributed by atoms with E-state index in [1.54, 1.807) is 17.2 Å². The van der Waals surface area contributed by atoms with Crippen LogP contribution in [0, 0.1) is 11.3 Å². The first kappa shape index (κ1) is 12.6. The van der Waals surface area contributed by atoms with E-state index < -0.39 is 0 Å². The molecule has 3 rings (SSSR count). The molecule has 2 aromatic rings. The Bertz CT molecular complexity index is 689. The van der Waals surface area contributed by atoms with Crippen molar-refractivity contribution in [2.75, 3.05) is 6.54 Å². The van der Waals surface area contributed by atoms with Gasteiger partial charge in [-0.3, -0.25) is 9.78 Å². The minimum absolute atomic E-state index is 0.0537. The molecule has 1 amide bonds. The van der Waals surface area contributed by atoms with Gasteiger partial charge in [-0.2, -0.15) is 5.26 Å². The van der Waals surface area contributed by atoms with Crippen molar-refractivity contribution in [1.82, 2.24) is 9.88 Å². The van der Waals surface area contributed by atoms with Crippen molar-refractivity contribution in [2.45, 2.75) is 25.3 Å². The van der Waals surface area contributed by atoms with E-state index in [9.17, 15) is 10.1 Å². The Kier molecular flexibility index (Phi) is 3.34. The Labute approximate surface area is 117 Å². The van der Waals surface area contributed by atoms with Crippen LogP contribution >= 0.6 is 0 Å². The highest BCUT2D eigenvalue weighted by Gasteiger charge is 2.27. The number of piperidine rings is 1. The molecule has 0 N–H and O–H groups in total. The van der Waals surface area contributed by atoms with Gasteiger partial charge in [0.15, 0.2) is 0 Å². The van der Waals surface area contributed by atoms with Crippen molar-refractivity contribution in [2.24, 2.45) is 0 Å². The van der Waals surface area contributed by atoms with Gasteiger partial charge in [0.05, 0.1) is 11.6 Å². The molecule has 20 heavy (non-hydrogen) atoms. The van der Waals surface area contributed by atoms with Gasteiger partial charge in [0.2, 0.25) is 0 Å². The van der Waals surface area contributed by atoms with Crippen LogP contribution in [0.5, 0.6) is 0 Å². The lowest BCUT2D eigenvalue weighted by atomic mass is 10.0. The highest BCUT2D eigenvalue weighted by atomic mass is 16.2. The fourth-order valence-corrected chi connectivity index (χ4v) is 2.68. The minimum Gasteiger partial charge on any atom is -0.323 e. The summed E-state index contributed by atoms with van der Waals surface area (Å²) in [5.41, 5.74) is 1.51. The second-order valence-corrected chi connectivity index (χ2v) is 5.05. The van der Waals surface area contributed by atoms with Crippen molar-refractivity contribution in [3.05, 3.63) is 42.1 Å². The number of hydrogen-bond acceptors (Lipinski definition) is 3. The summed E-state index contributed by atoms with van der Waals surface area (Å²) >= 11 is 0. The number of nitriles is 1. The maximum Gasteiger partial charge on any atom is 0.254 e. The van der Waals surface area contributed by atoms with Crippen LogP contribution in [0.2, 0.25) is 0 Å². The molecule has 1 aliphatic rings. The van der Waals surface area contributed by atoms with E-state index in [1.165, 1.54) is 0 Å². The SMILES string of the molecule is N#CC1CCCCN1C(=O)c1ccc2ncccc2c1. The van der Waals surface area contributed by atoms with E-state index in [-0.39, 0.29) is 11.9 Å². The Balaban J connectivity index is 1.93. The largest absolute Gasteiger partial charge is 0.323 e. The summed E-state index contributed by atoms with van der Waals surface area (Å²) in [6, 6.07) is 11.2. The zero-order valence-electron chi connectivity index (χ0n) is 11.1. The number of benzene rings is 1. The summed E-state index contributed by atoms with van der Waals surface area (Å²) in [6.07, 6.45) is 4.50. The fraction of sp³-hybridized carbons (Fsp3) is 0.312. The molecule has 100 valence electrons. The molecule has 0 saturated carbocycles. The Morgan fingerprint density at radius 2 is 2.25 bits per heavy atom. The third-order valence-electron chi connectivity index (χ3n) is 3.76. The number of likely N-dealkylation sites (tertiary alicyclic amines) is 1. The lowest BCUT2D eigenvalue weighted by Gasteiger charge is -2.31. The van der Waals surface area contributed by atoms with Gasteiger partial charge in [-0.05, 0) is 43.5 Å². The lowest BCUT2D eigenvalue weighted by Crippen LogP contribution is -2.42. The maximum atomic E-state index is 12.6. The van der Waals surface area contributed by atoms with E-state index in [2.05, 4.69) is 11.1 Å². The topological polar surface area (TPSA) is 57.0 Å². The minimum atomic E-state index is -0.291. The molecule has 1 fully saturated rings. The molecule has 1 unspecified atom stereocenters. The van der Waals surface area contributed by atoms with Crippen molar-refractivity contribution in [1.29, 1.82) is 5.26 Å². The predicted octanol–water partition coefficient (Wildman–Crippen LogP) is 2.75. The smallest absolute Gasteiger partial charge is 0.254 e. The molecule has 4 heteroatoms. The van der Waals surface area contributed by atoms with Crippen molar-refractivity contribution >= 4 is 16.8 Å². The summed E-state index contributed by atoms with van der Waals surface area (Å²) in [5.74, 6) is -0.0537. The lowest BCUT2D eigenvalue weighted by molar-refractivity contribution is 0.0671. The van der Waals surface area contributed by atoms with Gasteiger partial charge < -0.3 is 4.90 Å².